The largest absolute Gasteiger partial charge is 0.505 e. The zero-order valence-corrected chi connectivity index (χ0v) is 9.36. The monoisotopic (exact) mass is 258 g/mol. The van der Waals surface area contributed by atoms with Crippen LogP contribution in [0.15, 0.2) is 18.5 Å². The fourth-order valence-corrected chi connectivity index (χ4v) is 1.53. The molecule has 0 radical (unpaired) electrons. The second kappa shape index (κ2) is 4.95. The Kier molecular flexibility index (Phi) is 3.88. The van der Waals surface area contributed by atoms with E-state index in [-0.39, 0.29) is 17.2 Å². The molecule has 1 heterocycles. The van der Waals surface area contributed by atoms with Gasteiger partial charge in [-0.25, -0.2) is 0 Å². The van der Waals surface area contributed by atoms with Crippen molar-refractivity contribution in [1.29, 1.82) is 0 Å². The first-order valence-corrected chi connectivity index (χ1v) is 5.23. The lowest BCUT2D eigenvalue weighted by molar-refractivity contribution is 0.0801. The van der Waals surface area contributed by atoms with Gasteiger partial charge in [-0.3, -0.25) is 9.78 Å². The third-order valence-electron chi connectivity index (χ3n) is 1.80. The van der Waals surface area contributed by atoms with Crippen molar-refractivity contribution in [3.8, 4) is 5.75 Å². The van der Waals surface area contributed by atoms with Crippen molar-refractivity contribution < 1.29 is 9.90 Å². The number of carbonyl (C=O) groups is 1. The van der Waals surface area contributed by atoms with Crippen molar-refractivity contribution in [2.75, 3.05) is 18.9 Å². The zero-order valence-electron chi connectivity index (χ0n) is 7.77. The zero-order chi connectivity index (χ0) is 10.6. The Morgan fingerprint density at radius 2 is 2.43 bits per heavy atom. The summed E-state index contributed by atoms with van der Waals surface area (Å²) in [4.78, 5) is 16.9. The van der Waals surface area contributed by atoms with E-state index >= 15 is 0 Å². The topological polar surface area (TPSA) is 53.4 Å². The van der Waals surface area contributed by atoms with Gasteiger partial charge in [0.1, 0.15) is 5.75 Å². The smallest absolute Gasteiger partial charge is 0.257 e. The minimum absolute atomic E-state index is 0.0843. The van der Waals surface area contributed by atoms with Crippen LogP contribution in [0.4, 0.5) is 0 Å². The van der Waals surface area contributed by atoms with E-state index in [1.165, 1.54) is 23.4 Å². The first-order chi connectivity index (χ1) is 6.66. The van der Waals surface area contributed by atoms with Crippen LogP contribution in [-0.2, 0) is 0 Å². The number of rotatable bonds is 3. The van der Waals surface area contributed by atoms with Gasteiger partial charge in [-0.2, -0.15) is 0 Å². The predicted octanol–water partition coefficient (Wildman–Crippen LogP) is 1.25. The Labute approximate surface area is 90.7 Å². The number of hydrogen-bond acceptors (Lipinski definition) is 3. The average molecular weight is 259 g/mol. The highest BCUT2D eigenvalue weighted by Crippen LogP contribution is 2.15. The van der Waals surface area contributed by atoms with Gasteiger partial charge in [0.15, 0.2) is 0 Å². The summed E-state index contributed by atoms with van der Waals surface area (Å²) in [6.07, 6.45) is 2.74. The number of aromatic hydroxyl groups is 1. The molecule has 4 nitrogen and oxygen atoms in total. The molecular formula is C9H11BrN2O2. The summed E-state index contributed by atoms with van der Waals surface area (Å²) in [5.74, 6) is -0.289. The average Bonchev–Trinajstić information content (AvgIpc) is 2.18. The standard InChI is InChI=1S/C9H11BrN2O2/c1-12(5-3-10)9(14)7-2-4-11-6-8(7)13/h2,4,6,13H,3,5H2,1H3. The van der Waals surface area contributed by atoms with Gasteiger partial charge in [-0.15, -0.1) is 0 Å². The van der Waals surface area contributed by atoms with Crippen LogP contribution in [0.25, 0.3) is 0 Å². The van der Waals surface area contributed by atoms with Gasteiger partial charge in [-0.05, 0) is 6.07 Å². The van der Waals surface area contributed by atoms with E-state index in [0.29, 0.717) is 11.9 Å². The number of hydrogen-bond donors (Lipinski definition) is 1. The van der Waals surface area contributed by atoms with E-state index in [9.17, 15) is 9.90 Å². The van der Waals surface area contributed by atoms with E-state index in [1.54, 1.807) is 7.05 Å². The van der Waals surface area contributed by atoms with E-state index in [1.807, 2.05) is 0 Å². The molecule has 1 rings (SSSR count). The van der Waals surface area contributed by atoms with Crippen LogP contribution in [0, 0.1) is 0 Å². The molecule has 0 aliphatic rings. The number of pyridine rings is 1. The van der Waals surface area contributed by atoms with Crippen molar-refractivity contribution in [3.63, 3.8) is 0 Å². The first-order valence-electron chi connectivity index (χ1n) is 4.11. The van der Waals surface area contributed by atoms with E-state index < -0.39 is 0 Å². The molecule has 1 aromatic heterocycles. The van der Waals surface area contributed by atoms with Crippen LogP contribution < -0.4 is 0 Å². The SMILES string of the molecule is CN(CCBr)C(=O)c1ccncc1O. The summed E-state index contributed by atoms with van der Waals surface area (Å²) in [5, 5.41) is 10.1. The second-order valence-electron chi connectivity index (χ2n) is 2.81. The van der Waals surface area contributed by atoms with Gasteiger partial charge in [0.05, 0.1) is 11.8 Å². The molecule has 76 valence electrons. The fraction of sp³-hybridized carbons (Fsp3) is 0.333. The summed E-state index contributed by atoms with van der Waals surface area (Å²) in [7, 11) is 1.68. The number of alkyl halides is 1. The molecule has 1 amide bonds. The van der Waals surface area contributed by atoms with E-state index in [0.717, 1.165) is 0 Å². The maximum Gasteiger partial charge on any atom is 0.257 e. The Hall–Kier alpha value is -1.10. The normalized spacial score (nSPS) is 9.86. The Bertz CT molecular complexity index is 330. The maximum atomic E-state index is 11.7. The highest BCUT2D eigenvalue weighted by Gasteiger charge is 2.14. The van der Waals surface area contributed by atoms with Crippen LogP contribution in [0.2, 0.25) is 0 Å². The molecule has 0 atom stereocenters. The van der Waals surface area contributed by atoms with Crippen LogP contribution in [0.5, 0.6) is 5.75 Å². The van der Waals surface area contributed by atoms with Crippen molar-refractivity contribution in [3.05, 3.63) is 24.0 Å². The van der Waals surface area contributed by atoms with Gasteiger partial charge in [0.2, 0.25) is 0 Å². The van der Waals surface area contributed by atoms with Gasteiger partial charge < -0.3 is 10.0 Å². The van der Waals surface area contributed by atoms with E-state index in [4.69, 9.17) is 0 Å². The molecule has 1 N–H and O–H groups in total. The minimum atomic E-state index is -0.204. The molecular weight excluding hydrogens is 248 g/mol. The van der Waals surface area contributed by atoms with Crippen LogP contribution in [0.3, 0.4) is 0 Å². The maximum absolute atomic E-state index is 11.7. The molecule has 5 heteroatoms. The number of carbonyl (C=O) groups excluding carboxylic acids is 1. The molecule has 0 saturated carbocycles. The molecule has 0 aromatic carbocycles. The minimum Gasteiger partial charge on any atom is -0.505 e. The van der Waals surface area contributed by atoms with Gasteiger partial charge in [0.25, 0.3) is 5.91 Å². The Morgan fingerprint density at radius 3 is 3.00 bits per heavy atom. The predicted molar refractivity (Wildman–Crippen MR) is 56.7 cm³/mol. The highest BCUT2D eigenvalue weighted by molar-refractivity contribution is 9.09. The first kappa shape index (κ1) is 11.0. The fourth-order valence-electron chi connectivity index (χ4n) is 1.00. The molecule has 14 heavy (non-hydrogen) atoms. The number of amides is 1. The van der Waals surface area contributed by atoms with Gasteiger partial charge in [-0.1, -0.05) is 15.9 Å². The van der Waals surface area contributed by atoms with Crippen molar-refractivity contribution in [2.45, 2.75) is 0 Å². The summed E-state index contributed by atoms with van der Waals surface area (Å²) in [6.45, 7) is 0.598. The quantitative estimate of drug-likeness (QED) is 0.831. The molecule has 0 aliphatic carbocycles. The molecule has 0 bridgehead atoms. The van der Waals surface area contributed by atoms with Crippen molar-refractivity contribution in [1.82, 2.24) is 9.88 Å². The lowest BCUT2D eigenvalue weighted by atomic mass is 10.2. The van der Waals surface area contributed by atoms with Crippen molar-refractivity contribution >= 4 is 21.8 Å². The number of aromatic nitrogens is 1. The number of halogens is 1. The molecule has 1 aromatic rings. The van der Waals surface area contributed by atoms with E-state index in [2.05, 4.69) is 20.9 Å². The summed E-state index contributed by atoms with van der Waals surface area (Å²) in [6, 6.07) is 1.50. The van der Waals surface area contributed by atoms with Gasteiger partial charge in [0, 0.05) is 25.1 Å². The number of nitrogens with zero attached hydrogens (tertiary/aromatic N) is 2. The second-order valence-corrected chi connectivity index (χ2v) is 3.60. The summed E-state index contributed by atoms with van der Waals surface area (Å²) >= 11 is 3.24. The molecule has 0 saturated heterocycles. The van der Waals surface area contributed by atoms with Crippen molar-refractivity contribution in [2.24, 2.45) is 0 Å². The van der Waals surface area contributed by atoms with Crippen LogP contribution >= 0.6 is 15.9 Å². The Morgan fingerprint density at radius 1 is 1.71 bits per heavy atom. The third-order valence-corrected chi connectivity index (χ3v) is 2.15. The van der Waals surface area contributed by atoms with Crippen LogP contribution in [0.1, 0.15) is 10.4 Å². The highest BCUT2D eigenvalue weighted by atomic mass is 79.9. The Balaban J connectivity index is 2.84. The molecule has 0 aliphatic heterocycles. The lowest BCUT2D eigenvalue weighted by Gasteiger charge is -2.15. The molecule has 0 fully saturated rings. The van der Waals surface area contributed by atoms with Crippen LogP contribution in [-0.4, -0.2) is 39.8 Å². The molecule has 0 spiro atoms. The molecule has 0 unspecified atom stereocenters. The third kappa shape index (κ3) is 2.45. The lowest BCUT2D eigenvalue weighted by Crippen LogP contribution is -2.28. The summed E-state index contributed by atoms with van der Waals surface area (Å²) < 4.78 is 0. The van der Waals surface area contributed by atoms with Gasteiger partial charge >= 0.3 is 0 Å². The summed E-state index contributed by atoms with van der Waals surface area (Å²) in [5.41, 5.74) is 0.281.